The van der Waals surface area contributed by atoms with E-state index in [0.717, 1.165) is 0 Å². The molecule has 5 heteroatoms. The minimum absolute atomic E-state index is 0.0836. The Morgan fingerprint density at radius 3 is 2.64 bits per heavy atom. The number of rotatable bonds is 3. The molecule has 78 valence electrons. The molecule has 1 rings (SSSR count). The lowest BCUT2D eigenvalue weighted by atomic mass is 10.2. The Labute approximate surface area is 81.6 Å². The molecule has 0 amide bonds. The highest BCUT2D eigenvalue weighted by molar-refractivity contribution is 5.66. The van der Waals surface area contributed by atoms with Gasteiger partial charge in [-0.2, -0.15) is 0 Å². The van der Waals surface area contributed by atoms with E-state index in [1.165, 1.54) is 20.1 Å². The molecule has 0 aromatic heterocycles. The number of ether oxygens (including phenoxy) is 3. The topological polar surface area (TPSA) is 61.8 Å². The van der Waals surface area contributed by atoms with Crippen LogP contribution in [-0.2, 0) is 23.8 Å². The van der Waals surface area contributed by atoms with Gasteiger partial charge in [-0.15, -0.1) is 0 Å². The minimum Gasteiger partial charge on any atom is -0.490 e. The maximum atomic E-state index is 10.7. The van der Waals surface area contributed by atoms with Gasteiger partial charge < -0.3 is 14.2 Å². The SMILES string of the molecule is CC(=O)OC[C@H]1OC=C[C@@H]1OC(C)=O. The monoisotopic (exact) mass is 200 g/mol. The molecule has 0 saturated heterocycles. The average Bonchev–Trinajstić information content (AvgIpc) is 2.47. The van der Waals surface area contributed by atoms with Crippen molar-refractivity contribution in [3.05, 3.63) is 12.3 Å². The van der Waals surface area contributed by atoms with E-state index in [1.807, 2.05) is 0 Å². The van der Waals surface area contributed by atoms with Crippen LogP contribution in [0.25, 0.3) is 0 Å². The predicted molar refractivity (Wildman–Crippen MR) is 46.2 cm³/mol. The number of hydrogen-bond acceptors (Lipinski definition) is 5. The maximum absolute atomic E-state index is 10.7. The number of carbonyl (C=O) groups is 2. The molecule has 0 spiro atoms. The van der Waals surface area contributed by atoms with Gasteiger partial charge in [0.05, 0.1) is 6.26 Å². The molecule has 0 bridgehead atoms. The van der Waals surface area contributed by atoms with Crippen molar-refractivity contribution in [3.8, 4) is 0 Å². The predicted octanol–water partition coefficient (Wildman–Crippen LogP) is 0.394. The molecular formula is C9H12O5. The lowest BCUT2D eigenvalue weighted by molar-refractivity contribution is -0.152. The molecule has 0 N–H and O–H groups in total. The summed E-state index contributed by atoms with van der Waals surface area (Å²) >= 11 is 0. The van der Waals surface area contributed by atoms with Gasteiger partial charge >= 0.3 is 11.9 Å². The summed E-state index contributed by atoms with van der Waals surface area (Å²) in [6, 6.07) is 0. The molecule has 0 aromatic rings. The van der Waals surface area contributed by atoms with Crippen LogP contribution in [0.1, 0.15) is 13.8 Å². The van der Waals surface area contributed by atoms with Crippen molar-refractivity contribution < 1.29 is 23.8 Å². The van der Waals surface area contributed by atoms with Gasteiger partial charge in [-0.1, -0.05) is 0 Å². The molecule has 14 heavy (non-hydrogen) atoms. The van der Waals surface area contributed by atoms with E-state index in [-0.39, 0.29) is 12.6 Å². The second-order valence-electron chi connectivity index (χ2n) is 2.88. The van der Waals surface area contributed by atoms with Crippen molar-refractivity contribution in [1.82, 2.24) is 0 Å². The van der Waals surface area contributed by atoms with Crippen LogP contribution in [0.3, 0.4) is 0 Å². The molecule has 1 aliphatic heterocycles. The smallest absolute Gasteiger partial charge is 0.303 e. The molecule has 0 aromatic carbocycles. The van der Waals surface area contributed by atoms with Gasteiger partial charge in [-0.05, 0) is 6.08 Å². The zero-order valence-electron chi connectivity index (χ0n) is 8.06. The summed E-state index contributed by atoms with van der Waals surface area (Å²) in [5.41, 5.74) is 0. The molecule has 0 saturated carbocycles. The van der Waals surface area contributed by atoms with Gasteiger partial charge in [-0.25, -0.2) is 0 Å². The van der Waals surface area contributed by atoms with Crippen molar-refractivity contribution in [1.29, 1.82) is 0 Å². The van der Waals surface area contributed by atoms with Crippen molar-refractivity contribution in [2.24, 2.45) is 0 Å². The summed E-state index contributed by atoms with van der Waals surface area (Å²) in [6.45, 7) is 2.71. The van der Waals surface area contributed by atoms with E-state index in [9.17, 15) is 9.59 Å². The Bertz CT molecular complexity index is 258. The fourth-order valence-electron chi connectivity index (χ4n) is 1.07. The van der Waals surface area contributed by atoms with Crippen LogP contribution in [0.2, 0.25) is 0 Å². The summed E-state index contributed by atoms with van der Waals surface area (Å²) in [6.07, 6.45) is 2.15. The number of carbonyl (C=O) groups excluding carboxylic acids is 2. The summed E-state index contributed by atoms with van der Waals surface area (Å²) in [4.78, 5) is 21.2. The summed E-state index contributed by atoms with van der Waals surface area (Å²) in [5, 5.41) is 0. The Kier molecular flexibility index (Phi) is 3.50. The van der Waals surface area contributed by atoms with Crippen LogP contribution < -0.4 is 0 Å². The minimum atomic E-state index is -0.466. The molecule has 0 fully saturated rings. The largest absolute Gasteiger partial charge is 0.490 e. The molecular weight excluding hydrogens is 188 g/mol. The van der Waals surface area contributed by atoms with Crippen LogP contribution >= 0.6 is 0 Å². The van der Waals surface area contributed by atoms with Gasteiger partial charge in [0.1, 0.15) is 6.61 Å². The van der Waals surface area contributed by atoms with E-state index < -0.39 is 18.2 Å². The summed E-state index contributed by atoms with van der Waals surface area (Å²) in [5.74, 6) is -0.778. The third-order valence-electron chi connectivity index (χ3n) is 1.64. The van der Waals surface area contributed by atoms with E-state index in [1.54, 1.807) is 6.08 Å². The Morgan fingerprint density at radius 1 is 1.36 bits per heavy atom. The second kappa shape index (κ2) is 4.64. The highest BCUT2D eigenvalue weighted by Crippen LogP contribution is 2.14. The fourth-order valence-corrected chi connectivity index (χ4v) is 1.07. The molecule has 0 unspecified atom stereocenters. The lowest BCUT2D eigenvalue weighted by Gasteiger charge is -2.17. The molecule has 1 heterocycles. The lowest BCUT2D eigenvalue weighted by Crippen LogP contribution is -2.31. The van der Waals surface area contributed by atoms with Crippen LogP contribution in [0.5, 0.6) is 0 Å². The zero-order valence-corrected chi connectivity index (χ0v) is 8.06. The third-order valence-corrected chi connectivity index (χ3v) is 1.64. The normalized spacial score (nSPS) is 24.1. The standard InChI is InChI=1S/C9H12O5/c1-6(10)13-5-9-8(3-4-12-9)14-7(2)11/h3-4,8-9H,5H2,1-2H3/t8-,9+/m0/s1. The number of esters is 2. The van der Waals surface area contributed by atoms with E-state index in [4.69, 9.17) is 14.2 Å². The second-order valence-corrected chi connectivity index (χ2v) is 2.88. The van der Waals surface area contributed by atoms with E-state index in [0.29, 0.717) is 0 Å². The van der Waals surface area contributed by atoms with Crippen LogP contribution in [0.4, 0.5) is 0 Å². The van der Waals surface area contributed by atoms with Crippen LogP contribution in [0, 0.1) is 0 Å². The first kappa shape index (κ1) is 10.6. The fraction of sp³-hybridized carbons (Fsp3) is 0.556. The molecule has 0 radical (unpaired) electrons. The van der Waals surface area contributed by atoms with E-state index in [2.05, 4.69) is 0 Å². The first-order valence-electron chi connectivity index (χ1n) is 4.22. The molecule has 5 nitrogen and oxygen atoms in total. The molecule has 2 atom stereocenters. The van der Waals surface area contributed by atoms with Crippen molar-refractivity contribution in [3.63, 3.8) is 0 Å². The molecule has 1 aliphatic rings. The quantitative estimate of drug-likeness (QED) is 0.617. The Balaban J connectivity index is 2.37. The van der Waals surface area contributed by atoms with Gasteiger partial charge in [0, 0.05) is 13.8 Å². The maximum Gasteiger partial charge on any atom is 0.303 e. The van der Waals surface area contributed by atoms with Crippen molar-refractivity contribution >= 4 is 11.9 Å². The average molecular weight is 200 g/mol. The third kappa shape index (κ3) is 3.08. The van der Waals surface area contributed by atoms with E-state index >= 15 is 0 Å². The summed E-state index contributed by atoms with van der Waals surface area (Å²) in [7, 11) is 0. The molecule has 0 aliphatic carbocycles. The van der Waals surface area contributed by atoms with Gasteiger partial charge in [-0.3, -0.25) is 9.59 Å². The summed E-state index contributed by atoms with van der Waals surface area (Å²) < 4.78 is 14.7. The van der Waals surface area contributed by atoms with Gasteiger partial charge in [0.2, 0.25) is 0 Å². The van der Waals surface area contributed by atoms with Crippen LogP contribution in [-0.4, -0.2) is 30.8 Å². The zero-order chi connectivity index (χ0) is 10.6. The van der Waals surface area contributed by atoms with Crippen LogP contribution in [0.15, 0.2) is 12.3 Å². The Morgan fingerprint density at radius 2 is 2.07 bits per heavy atom. The van der Waals surface area contributed by atoms with Gasteiger partial charge in [0.15, 0.2) is 12.2 Å². The Hall–Kier alpha value is -1.52. The van der Waals surface area contributed by atoms with Crippen molar-refractivity contribution in [2.45, 2.75) is 26.1 Å². The highest BCUT2D eigenvalue weighted by Gasteiger charge is 2.28. The highest BCUT2D eigenvalue weighted by atomic mass is 16.6. The number of hydrogen-bond donors (Lipinski definition) is 0. The van der Waals surface area contributed by atoms with Gasteiger partial charge in [0.25, 0.3) is 0 Å². The van der Waals surface area contributed by atoms with Crippen molar-refractivity contribution in [2.75, 3.05) is 6.61 Å². The first-order chi connectivity index (χ1) is 6.59. The first-order valence-corrected chi connectivity index (χ1v) is 4.22.